The van der Waals surface area contributed by atoms with Crippen LogP contribution in [0.5, 0.6) is 0 Å². The van der Waals surface area contributed by atoms with Gasteiger partial charge in [0, 0.05) is 33.6 Å². The summed E-state index contributed by atoms with van der Waals surface area (Å²) >= 11 is 5.34. The number of carbonyl (C=O) groups is 1. The molecule has 17 heavy (non-hydrogen) atoms. The van der Waals surface area contributed by atoms with Crippen LogP contribution in [0.3, 0.4) is 0 Å². The van der Waals surface area contributed by atoms with E-state index in [0.29, 0.717) is 0 Å². The zero-order valence-corrected chi connectivity index (χ0v) is 12.5. The van der Waals surface area contributed by atoms with Gasteiger partial charge in [-0.1, -0.05) is 22.0 Å². The number of hydrogen-bond acceptors (Lipinski definition) is 2. The Bertz CT molecular complexity index is 433. The Morgan fingerprint density at radius 1 is 1.47 bits per heavy atom. The third-order valence-corrected chi connectivity index (χ3v) is 4.57. The second-order valence-corrected chi connectivity index (χ2v) is 7.56. The first-order valence-electron chi connectivity index (χ1n) is 5.67. The highest BCUT2D eigenvalue weighted by Crippen LogP contribution is 2.30. The summed E-state index contributed by atoms with van der Waals surface area (Å²) in [6, 6.07) is 7.60. The van der Waals surface area contributed by atoms with Gasteiger partial charge in [0.25, 0.3) is 5.91 Å². The summed E-state index contributed by atoms with van der Waals surface area (Å²) in [7, 11) is 0. The Morgan fingerprint density at radius 3 is 2.88 bits per heavy atom. The molecule has 1 fully saturated rings. The van der Waals surface area contributed by atoms with E-state index < -0.39 is 0 Å². The molecular weight excluding hydrogens is 298 g/mol. The Labute approximate surface area is 115 Å². The molecule has 1 aromatic carbocycles. The highest BCUT2D eigenvalue weighted by molar-refractivity contribution is 9.10. The minimum Gasteiger partial charge on any atom is -0.336 e. The van der Waals surface area contributed by atoms with E-state index in [1.807, 2.05) is 40.9 Å². The Morgan fingerprint density at radius 2 is 2.24 bits per heavy atom. The van der Waals surface area contributed by atoms with Gasteiger partial charge in [0.1, 0.15) is 0 Å². The molecule has 0 saturated carbocycles. The number of halogens is 1. The third-order valence-electron chi connectivity index (χ3n) is 2.78. The van der Waals surface area contributed by atoms with Crippen molar-refractivity contribution in [2.24, 2.45) is 0 Å². The van der Waals surface area contributed by atoms with Crippen LogP contribution >= 0.6 is 27.7 Å². The summed E-state index contributed by atoms with van der Waals surface area (Å²) in [5.74, 6) is 1.16. The van der Waals surface area contributed by atoms with Crippen LogP contribution in [0.2, 0.25) is 0 Å². The van der Waals surface area contributed by atoms with Crippen LogP contribution in [-0.2, 0) is 0 Å². The van der Waals surface area contributed by atoms with Crippen molar-refractivity contribution in [3.05, 3.63) is 34.3 Å². The normalized spacial score (nSPS) is 19.1. The molecule has 0 unspecified atom stereocenters. The lowest BCUT2D eigenvalue weighted by atomic mass is 10.1. The lowest BCUT2D eigenvalue weighted by Gasteiger charge is -2.37. The predicted octanol–water partition coefficient (Wildman–Crippen LogP) is 3.42. The van der Waals surface area contributed by atoms with Crippen LogP contribution in [0.15, 0.2) is 28.7 Å². The fraction of sp³-hybridized carbons (Fsp3) is 0.462. The van der Waals surface area contributed by atoms with Crippen LogP contribution in [0.4, 0.5) is 0 Å². The quantitative estimate of drug-likeness (QED) is 0.792. The van der Waals surface area contributed by atoms with Gasteiger partial charge >= 0.3 is 0 Å². The Balaban J connectivity index is 2.15. The van der Waals surface area contributed by atoms with Crippen LogP contribution in [0.25, 0.3) is 0 Å². The first-order chi connectivity index (χ1) is 7.98. The van der Waals surface area contributed by atoms with Gasteiger partial charge in [-0.15, -0.1) is 0 Å². The number of amides is 1. The van der Waals surface area contributed by atoms with Crippen molar-refractivity contribution in [1.82, 2.24) is 4.90 Å². The SMILES string of the molecule is CC1(C)CN(C(=O)c2cccc(Br)c2)CCS1. The van der Waals surface area contributed by atoms with Gasteiger partial charge in [-0.2, -0.15) is 11.8 Å². The zero-order chi connectivity index (χ0) is 12.5. The van der Waals surface area contributed by atoms with Gasteiger partial charge in [0.15, 0.2) is 0 Å². The number of thioether (sulfide) groups is 1. The van der Waals surface area contributed by atoms with Gasteiger partial charge in [0.2, 0.25) is 0 Å². The van der Waals surface area contributed by atoms with E-state index in [-0.39, 0.29) is 10.7 Å². The van der Waals surface area contributed by atoms with E-state index >= 15 is 0 Å². The topological polar surface area (TPSA) is 20.3 Å². The molecule has 0 spiro atoms. The molecule has 1 aliphatic heterocycles. The molecule has 0 bridgehead atoms. The van der Waals surface area contributed by atoms with Gasteiger partial charge in [-0.3, -0.25) is 4.79 Å². The van der Waals surface area contributed by atoms with Gasteiger partial charge < -0.3 is 4.90 Å². The zero-order valence-electron chi connectivity index (χ0n) is 10.1. The fourth-order valence-corrected chi connectivity index (χ4v) is 3.50. The molecule has 2 rings (SSSR count). The molecule has 0 atom stereocenters. The number of rotatable bonds is 1. The van der Waals surface area contributed by atoms with E-state index in [0.717, 1.165) is 28.9 Å². The first kappa shape index (κ1) is 13.0. The molecule has 92 valence electrons. The van der Waals surface area contributed by atoms with Crippen molar-refractivity contribution in [2.45, 2.75) is 18.6 Å². The lowest BCUT2D eigenvalue weighted by Crippen LogP contribution is -2.46. The van der Waals surface area contributed by atoms with Crippen molar-refractivity contribution in [2.75, 3.05) is 18.8 Å². The standard InChI is InChI=1S/C13H16BrNOS/c1-13(2)9-15(6-7-17-13)12(16)10-4-3-5-11(14)8-10/h3-5,8H,6-7,9H2,1-2H3. The maximum Gasteiger partial charge on any atom is 0.253 e. The average Bonchev–Trinajstić information content (AvgIpc) is 2.26. The van der Waals surface area contributed by atoms with E-state index in [1.165, 1.54) is 0 Å². The summed E-state index contributed by atoms with van der Waals surface area (Å²) in [4.78, 5) is 14.3. The molecular formula is C13H16BrNOS. The largest absolute Gasteiger partial charge is 0.336 e. The average molecular weight is 314 g/mol. The van der Waals surface area contributed by atoms with Gasteiger partial charge in [-0.05, 0) is 32.0 Å². The second kappa shape index (κ2) is 5.02. The molecule has 0 aromatic heterocycles. The van der Waals surface area contributed by atoms with E-state index in [4.69, 9.17) is 0 Å². The highest BCUT2D eigenvalue weighted by atomic mass is 79.9. The number of benzene rings is 1. The smallest absolute Gasteiger partial charge is 0.253 e. The monoisotopic (exact) mass is 313 g/mol. The summed E-state index contributed by atoms with van der Waals surface area (Å²) in [6.45, 7) is 6.05. The van der Waals surface area contributed by atoms with E-state index in [1.54, 1.807) is 0 Å². The van der Waals surface area contributed by atoms with E-state index in [9.17, 15) is 4.79 Å². The summed E-state index contributed by atoms with van der Waals surface area (Å²) < 4.78 is 1.12. The van der Waals surface area contributed by atoms with Crippen LogP contribution in [0, 0.1) is 0 Å². The summed E-state index contributed by atoms with van der Waals surface area (Å²) in [5.41, 5.74) is 0.766. The predicted molar refractivity (Wildman–Crippen MR) is 76.6 cm³/mol. The molecule has 1 amide bonds. The number of nitrogens with zero attached hydrogens (tertiary/aromatic N) is 1. The molecule has 1 aliphatic rings. The van der Waals surface area contributed by atoms with Gasteiger partial charge in [0.05, 0.1) is 0 Å². The van der Waals surface area contributed by atoms with Crippen molar-refractivity contribution >= 4 is 33.6 Å². The number of carbonyl (C=O) groups excluding carboxylic acids is 1. The second-order valence-electron chi connectivity index (χ2n) is 4.85. The van der Waals surface area contributed by atoms with Gasteiger partial charge in [-0.25, -0.2) is 0 Å². The fourth-order valence-electron chi connectivity index (χ4n) is 1.99. The van der Waals surface area contributed by atoms with Crippen LogP contribution in [-0.4, -0.2) is 34.4 Å². The molecule has 1 saturated heterocycles. The maximum absolute atomic E-state index is 12.3. The molecule has 0 radical (unpaired) electrons. The molecule has 1 heterocycles. The highest BCUT2D eigenvalue weighted by Gasteiger charge is 2.30. The minimum absolute atomic E-state index is 0.139. The van der Waals surface area contributed by atoms with Crippen LogP contribution < -0.4 is 0 Å². The first-order valence-corrected chi connectivity index (χ1v) is 7.45. The van der Waals surface area contributed by atoms with Crippen molar-refractivity contribution in [3.63, 3.8) is 0 Å². The molecule has 4 heteroatoms. The molecule has 0 aliphatic carbocycles. The maximum atomic E-state index is 12.3. The van der Waals surface area contributed by atoms with Crippen molar-refractivity contribution < 1.29 is 4.79 Å². The molecule has 0 N–H and O–H groups in total. The number of hydrogen-bond donors (Lipinski definition) is 0. The third kappa shape index (κ3) is 3.26. The van der Waals surface area contributed by atoms with E-state index in [2.05, 4.69) is 29.8 Å². The minimum atomic E-state index is 0.139. The lowest BCUT2D eigenvalue weighted by molar-refractivity contribution is 0.0748. The molecule has 2 nitrogen and oxygen atoms in total. The molecule has 1 aromatic rings. The Kier molecular flexibility index (Phi) is 3.83. The summed E-state index contributed by atoms with van der Waals surface area (Å²) in [5, 5.41) is 0. The Hall–Kier alpha value is -0.480. The van der Waals surface area contributed by atoms with Crippen LogP contribution in [0.1, 0.15) is 24.2 Å². The summed E-state index contributed by atoms with van der Waals surface area (Å²) in [6.07, 6.45) is 0. The van der Waals surface area contributed by atoms with Crippen molar-refractivity contribution in [1.29, 1.82) is 0 Å². The van der Waals surface area contributed by atoms with Crippen molar-refractivity contribution in [3.8, 4) is 0 Å².